The predicted molar refractivity (Wildman–Crippen MR) is 95.1 cm³/mol. The number of hydrogen-bond acceptors (Lipinski definition) is 3. The number of anilines is 1. The first-order valence-corrected chi connectivity index (χ1v) is 8.90. The fraction of sp³-hybridized carbons (Fsp3) is 0.400. The van der Waals surface area contributed by atoms with Gasteiger partial charge in [-0.2, -0.15) is 0 Å². The molecule has 2 fully saturated rings. The van der Waals surface area contributed by atoms with Gasteiger partial charge in [-0.3, -0.25) is 4.79 Å². The first kappa shape index (κ1) is 15.2. The number of benzene rings is 1. The minimum absolute atomic E-state index is 0.127. The molecule has 4 heteroatoms. The Morgan fingerprint density at radius 1 is 0.958 bits per heavy atom. The minimum Gasteiger partial charge on any atom is -0.357 e. The Labute approximate surface area is 143 Å². The summed E-state index contributed by atoms with van der Waals surface area (Å²) < 4.78 is 0. The van der Waals surface area contributed by atoms with Crippen LogP contribution in [0.15, 0.2) is 48.7 Å². The summed E-state index contributed by atoms with van der Waals surface area (Å²) in [6.45, 7) is 3.04. The zero-order valence-corrected chi connectivity index (χ0v) is 13.9. The van der Waals surface area contributed by atoms with Gasteiger partial charge in [-0.05, 0) is 49.4 Å². The molecule has 2 aromatic rings. The fourth-order valence-corrected chi connectivity index (χ4v) is 3.83. The van der Waals surface area contributed by atoms with E-state index in [2.05, 4.69) is 22.0 Å². The van der Waals surface area contributed by atoms with Gasteiger partial charge >= 0.3 is 0 Å². The second kappa shape index (κ2) is 6.63. The maximum absolute atomic E-state index is 12.8. The molecule has 1 aromatic heterocycles. The van der Waals surface area contributed by atoms with Crippen molar-refractivity contribution in [3.8, 4) is 0 Å². The van der Waals surface area contributed by atoms with E-state index in [0.717, 1.165) is 49.4 Å². The minimum atomic E-state index is 0.127. The van der Waals surface area contributed by atoms with Gasteiger partial charge in [0, 0.05) is 31.4 Å². The topological polar surface area (TPSA) is 36.4 Å². The molecule has 1 aromatic carbocycles. The number of likely N-dealkylation sites (tertiary alicyclic amines) is 1. The zero-order valence-electron chi connectivity index (χ0n) is 13.9. The SMILES string of the molecule is O=C(c1ccccc1)N1CCC[C@H]1c1ccc(N2CCCC2)nc1. The summed E-state index contributed by atoms with van der Waals surface area (Å²) in [6, 6.07) is 14.0. The maximum Gasteiger partial charge on any atom is 0.254 e. The van der Waals surface area contributed by atoms with Crippen LogP contribution >= 0.6 is 0 Å². The summed E-state index contributed by atoms with van der Waals surface area (Å²) in [6.07, 6.45) is 6.55. The fourth-order valence-electron chi connectivity index (χ4n) is 3.83. The first-order chi connectivity index (χ1) is 11.8. The Balaban J connectivity index is 1.53. The normalized spacial score (nSPS) is 20.6. The van der Waals surface area contributed by atoms with E-state index in [1.54, 1.807) is 0 Å². The van der Waals surface area contributed by atoms with E-state index in [0.29, 0.717) is 0 Å². The lowest BCUT2D eigenvalue weighted by atomic mass is 10.1. The average molecular weight is 321 g/mol. The van der Waals surface area contributed by atoms with E-state index < -0.39 is 0 Å². The van der Waals surface area contributed by atoms with Crippen LogP contribution < -0.4 is 4.90 Å². The van der Waals surface area contributed by atoms with Crippen molar-refractivity contribution in [1.82, 2.24) is 9.88 Å². The van der Waals surface area contributed by atoms with Crippen molar-refractivity contribution in [2.75, 3.05) is 24.5 Å². The highest BCUT2D eigenvalue weighted by molar-refractivity contribution is 5.94. The molecule has 0 saturated carbocycles. The van der Waals surface area contributed by atoms with Crippen LogP contribution in [-0.2, 0) is 0 Å². The van der Waals surface area contributed by atoms with Crippen molar-refractivity contribution in [3.63, 3.8) is 0 Å². The van der Waals surface area contributed by atoms with Crippen LogP contribution in [0.1, 0.15) is 47.6 Å². The molecular formula is C20H23N3O. The standard InChI is InChI=1S/C20H23N3O/c24-20(16-7-2-1-3-8-16)23-14-6-9-18(23)17-10-11-19(21-15-17)22-12-4-5-13-22/h1-3,7-8,10-11,15,18H,4-6,9,12-14H2/t18-/m0/s1. The van der Waals surface area contributed by atoms with E-state index in [1.807, 2.05) is 41.4 Å². The van der Waals surface area contributed by atoms with Crippen molar-refractivity contribution >= 4 is 11.7 Å². The molecular weight excluding hydrogens is 298 g/mol. The smallest absolute Gasteiger partial charge is 0.254 e. The van der Waals surface area contributed by atoms with Gasteiger partial charge in [0.25, 0.3) is 5.91 Å². The molecule has 0 aliphatic carbocycles. The molecule has 0 unspecified atom stereocenters. The molecule has 4 nitrogen and oxygen atoms in total. The van der Waals surface area contributed by atoms with Gasteiger partial charge < -0.3 is 9.80 Å². The third-order valence-corrected chi connectivity index (χ3v) is 5.12. The highest BCUT2D eigenvalue weighted by Crippen LogP contribution is 2.33. The van der Waals surface area contributed by atoms with Gasteiger partial charge in [-0.1, -0.05) is 24.3 Å². The van der Waals surface area contributed by atoms with Crippen LogP contribution in [0.4, 0.5) is 5.82 Å². The summed E-state index contributed by atoms with van der Waals surface area (Å²) in [5, 5.41) is 0. The van der Waals surface area contributed by atoms with Crippen molar-refractivity contribution in [2.45, 2.75) is 31.7 Å². The number of nitrogens with zero attached hydrogens (tertiary/aromatic N) is 3. The Hall–Kier alpha value is -2.36. The highest BCUT2D eigenvalue weighted by Gasteiger charge is 2.30. The van der Waals surface area contributed by atoms with Gasteiger partial charge in [0.15, 0.2) is 0 Å². The first-order valence-electron chi connectivity index (χ1n) is 8.90. The van der Waals surface area contributed by atoms with E-state index in [4.69, 9.17) is 0 Å². The molecule has 2 aliphatic heterocycles. The summed E-state index contributed by atoms with van der Waals surface area (Å²) in [7, 11) is 0. The van der Waals surface area contributed by atoms with Crippen LogP contribution in [0.3, 0.4) is 0 Å². The Morgan fingerprint density at radius 2 is 1.75 bits per heavy atom. The van der Waals surface area contributed by atoms with E-state index >= 15 is 0 Å². The monoisotopic (exact) mass is 321 g/mol. The summed E-state index contributed by atoms with van der Waals surface area (Å²) >= 11 is 0. The predicted octanol–water partition coefficient (Wildman–Crippen LogP) is 3.66. The highest BCUT2D eigenvalue weighted by atomic mass is 16.2. The lowest BCUT2D eigenvalue weighted by Crippen LogP contribution is -2.30. The number of aromatic nitrogens is 1. The number of rotatable bonds is 3. The van der Waals surface area contributed by atoms with E-state index in [-0.39, 0.29) is 11.9 Å². The summed E-state index contributed by atoms with van der Waals surface area (Å²) in [5.41, 5.74) is 1.92. The van der Waals surface area contributed by atoms with Crippen LogP contribution in [0.2, 0.25) is 0 Å². The largest absolute Gasteiger partial charge is 0.357 e. The third kappa shape index (κ3) is 2.88. The Morgan fingerprint density at radius 3 is 2.46 bits per heavy atom. The van der Waals surface area contributed by atoms with Gasteiger partial charge in [0.1, 0.15) is 5.82 Å². The quantitative estimate of drug-likeness (QED) is 0.865. The lowest BCUT2D eigenvalue weighted by molar-refractivity contribution is 0.0735. The molecule has 2 saturated heterocycles. The summed E-state index contributed by atoms with van der Waals surface area (Å²) in [4.78, 5) is 21.8. The second-order valence-electron chi connectivity index (χ2n) is 6.67. The molecule has 124 valence electrons. The van der Waals surface area contributed by atoms with Crippen LogP contribution in [-0.4, -0.2) is 35.4 Å². The zero-order chi connectivity index (χ0) is 16.4. The molecule has 1 atom stereocenters. The van der Waals surface area contributed by atoms with Crippen LogP contribution in [0.25, 0.3) is 0 Å². The Kier molecular flexibility index (Phi) is 4.20. The van der Waals surface area contributed by atoms with Gasteiger partial charge in [0.2, 0.25) is 0 Å². The number of amides is 1. The third-order valence-electron chi connectivity index (χ3n) is 5.12. The van der Waals surface area contributed by atoms with Crippen molar-refractivity contribution < 1.29 is 4.79 Å². The van der Waals surface area contributed by atoms with Gasteiger partial charge in [-0.25, -0.2) is 4.98 Å². The molecule has 2 aliphatic rings. The average Bonchev–Trinajstić information content (AvgIpc) is 3.34. The van der Waals surface area contributed by atoms with Crippen LogP contribution in [0, 0.1) is 0 Å². The Bertz CT molecular complexity index is 693. The molecule has 1 amide bonds. The number of carbonyl (C=O) groups is 1. The van der Waals surface area contributed by atoms with Crippen molar-refractivity contribution in [1.29, 1.82) is 0 Å². The molecule has 3 heterocycles. The maximum atomic E-state index is 12.8. The van der Waals surface area contributed by atoms with Crippen LogP contribution in [0.5, 0.6) is 0 Å². The molecule has 24 heavy (non-hydrogen) atoms. The van der Waals surface area contributed by atoms with Gasteiger partial charge in [0.05, 0.1) is 6.04 Å². The van der Waals surface area contributed by atoms with Gasteiger partial charge in [-0.15, -0.1) is 0 Å². The number of pyridine rings is 1. The number of carbonyl (C=O) groups excluding carboxylic acids is 1. The molecule has 0 radical (unpaired) electrons. The summed E-state index contributed by atoms with van der Waals surface area (Å²) in [5.74, 6) is 1.19. The molecule has 0 bridgehead atoms. The van der Waals surface area contributed by atoms with Crippen molar-refractivity contribution in [2.24, 2.45) is 0 Å². The lowest BCUT2D eigenvalue weighted by Gasteiger charge is -2.25. The second-order valence-corrected chi connectivity index (χ2v) is 6.67. The molecule has 0 spiro atoms. The van der Waals surface area contributed by atoms with E-state index in [1.165, 1.54) is 12.8 Å². The molecule has 0 N–H and O–H groups in total. The van der Waals surface area contributed by atoms with Crippen molar-refractivity contribution in [3.05, 3.63) is 59.8 Å². The molecule has 4 rings (SSSR count). The number of hydrogen-bond donors (Lipinski definition) is 0. The van der Waals surface area contributed by atoms with E-state index in [9.17, 15) is 4.79 Å².